The van der Waals surface area contributed by atoms with Gasteiger partial charge in [-0.25, -0.2) is 4.79 Å². The number of carbonyl (C=O) groups is 2. The zero-order chi connectivity index (χ0) is 20.8. The van der Waals surface area contributed by atoms with E-state index in [0.717, 1.165) is 31.2 Å². The second-order valence-corrected chi connectivity index (χ2v) is 7.47. The molecule has 1 aromatic rings. The fraction of sp³-hybridized carbons (Fsp3) is 0.545. The predicted molar refractivity (Wildman–Crippen MR) is 107 cm³/mol. The standard InChI is InChI=1S/C22H28N2O5/c1-14-18(21(25)28-12-11-27-3)20(16-7-6-10-23-13-16)19(15(2)24-14)22(26)29-17-8-4-5-9-17/h6-7,10,13,17,19-20H,4-5,8-9,11-12H2,1-3H3. The van der Waals surface area contributed by atoms with Gasteiger partial charge in [-0.3, -0.25) is 14.8 Å². The maximum atomic E-state index is 13.2. The maximum Gasteiger partial charge on any atom is 0.336 e. The van der Waals surface area contributed by atoms with Crippen molar-refractivity contribution >= 4 is 17.7 Å². The van der Waals surface area contributed by atoms with Crippen LogP contribution in [0.4, 0.5) is 0 Å². The summed E-state index contributed by atoms with van der Waals surface area (Å²) in [6.45, 7) is 4.00. The molecule has 2 aliphatic rings. The molecule has 1 aromatic heterocycles. The zero-order valence-corrected chi connectivity index (χ0v) is 17.2. The lowest BCUT2D eigenvalue weighted by Crippen LogP contribution is -2.37. The second-order valence-electron chi connectivity index (χ2n) is 7.47. The summed E-state index contributed by atoms with van der Waals surface area (Å²) in [7, 11) is 1.54. The first-order valence-electron chi connectivity index (χ1n) is 10.0. The number of aromatic nitrogens is 1. The highest BCUT2D eigenvalue weighted by Gasteiger charge is 2.43. The Balaban J connectivity index is 1.95. The third-order valence-corrected chi connectivity index (χ3v) is 5.45. The summed E-state index contributed by atoms with van der Waals surface area (Å²) in [4.78, 5) is 34.8. The van der Waals surface area contributed by atoms with Crippen LogP contribution < -0.4 is 0 Å². The van der Waals surface area contributed by atoms with Crippen molar-refractivity contribution in [3.63, 3.8) is 0 Å². The number of ether oxygens (including phenoxy) is 3. The number of carbonyl (C=O) groups excluding carboxylic acids is 2. The largest absolute Gasteiger partial charge is 0.462 e. The van der Waals surface area contributed by atoms with E-state index in [2.05, 4.69) is 9.98 Å². The average molecular weight is 400 g/mol. The Morgan fingerprint density at radius 2 is 1.93 bits per heavy atom. The van der Waals surface area contributed by atoms with Crippen molar-refractivity contribution in [2.45, 2.75) is 51.6 Å². The molecule has 1 aliphatic carbocycles. The van der Waals surface area contributed by atoms with Gasteiger partial charge in [0, 0.05) is 36.8 Å². The summed E-state index contributed by atoms with van der Waals surface area (Å²) in [5.74, 6) is -2.08. The lowest BCUT2D eigenvalue weighted by atomic mass is 9.76. The Labute approximate surface area is 171 Å². The molecule has 0 aromatic carbocycles. The molecule has 1 aliphatic heterocycles. The summed E-state index contributed by atoms with van der Waals surface area (Å²) in [6.07, 6.45) is 7.17. The van der Waals surface area contributed by atoms with Crippen LogP contribution in [-0.4, -0.2) is 49.1 Å². The molecular weight excluding hydrogens is 372 g/mol. The van der Waals surface area contributed by atoms with Gasteiger partial charge in [0.05, 0.1) is 12.2 Å². The Morgan fingerprint density at radius 1 is 1.17 bits per heavy atom. The van der Waals surface area contributed by atoms with Crippen molar-refractivity contribution in [3.8, 4) is 0 Å². The zero-order valence-electron chi connectivity index (χ0n) is 17.2. The van der Waals surface area contributed by atoms with Crippen LogP contribution in [0.3, 0.4) is 0 Å². The maximum absolute atomic E-state index is 13.2. The Kier molecular flexibility index (Phi) is 7.14. The van der Waals surface area contributed by atoms with E-state index in [-0.39, 0.29) is 18.7 Å². The van der Waals surface area contributed by atoms with E-state index in [0.29, 0.717) is 23.6 Å². The van der Waals surface area contributed by atoms with E-state index < -0.39 is 17.8 Å². The Hall–Kier alpha value is -2.54. The van der Waals surface area contributed by atoms with Crippen LogP contribution in [0, 0.1) is 5.92 Å². The Bertz CT molecular complexity index is 797. The first kappa shape index (κ1) is 21.2. The van der Waals surface area contributed by atoms with Gasteiger partial charge in [-0.2, -0.15) is 0 Å². The number of pyridine rings is 1. The molecule has 1 saturated carbocycles. The van der Waals surface area contributed by atoms with E-state index in [4.69, 9.17) is 14.2 Å². The number of aliphatic imine (C=N–C) groups is 1. The molecule has 1 fully saturated rings. The van der Waals surface area contributed by atoms with Crippen LogP contribution >= 0.6 is 0 Å². The minimum absolute atomic E-state index is 0.0612. The molecule has 7 nitrogen and oxygen atoms in total. The first-order valence-corrected chi connectivity index (χ1v) is 10.0. The fourth-order valence-electron chi connectivity index (χ4n) is 4.07. The SMILES string of the molecule is COCCOC(=O)C1=C(C)N=C(C)C(C(=O)OC2CCCC2)C1c1cccnc1. The summed E-state index contributed by atoms with van der Waals surface area (Å²) >= 11 is 0. The van der Waals surface area contributed by atoms with Crippen molar-refractivity contribution in [2.75, 3.05) is 20.3 Å². The molecule has 0 saturated heterocycles. The highest BCUT2D eigenvalue weighted by Crippen LogP contribution is 2.40. The van der Waals surface area contributed by atoms with E-state index in [1.165, 1.54) is 0 Å². The number of methoxy groups -OCH3 is 1. The topological polar surface area (TPSA) is 87.1 Å². The molecule has 0 radical (unpaired) electrons. The predicted octanol–water partition coefficient (Wildman–Crippen LogP) is 3.21. The molecule has 156 valence electrons. The lowest BCUT2D eigenvalue weighted by molar-refractivity contribution is -0.152. The van der Waals surface area contributed by atoms with Gasteiger partial charge in [0.1, 0.15) is 18.6 Å². The summed E-state index contributed by atoms with van der Waals surface area (Å²) in [6, 6.07) is 3.65. The van der Waals surface area contributed by atoms with Gasteiger partial charge in [0.2, 0.25) is 0 Å². The minimum atomic E-state index is -0.687. The number of esters is 2. The summed E-state index contributed by atoms with van der Waals surface area (Å²) in [5.41, 5.74) is 2.30. The van der Waals surface area contributed by atoms with Gasteiger partial charge in [-0.05, 0) is 51.2 Å². The van der Waals surface area contributed by atoms with Gasteiger partial charge in [0.15, 0.2) is 0 Å². The molecule has 29 heavy (non-hydrogen) atoms. The van der Waals surface area contributed by atoms with Crippen molar-refractivity contribution in [3.05, 3.63) is 41.4 Å². The molecular formula is C22H28N2O5. The quantitative estimate of drug-likeness (QED) is 0.516. The Morgan fingerprint density at radius 3 is 2.59 bits per heavy atom. The number of rotatable bonds is 7. The van der Waals surface area contributed by atoms with Gasteiger partial charge in [-0.15, -0.1) is 0 Å². The molecule has 0 spiro atoms. The van der Waals surface area contributed by atoms with Crippen LogP contribution in [0.15, 0.2) is 40.8 Å². The molecule has 2 heterocycles. The smallest absolute Gasteiger partial charge is 0.336 e. The van der Waals surface area contributed by atoms with Gasteiger partial charge >= 0.3 is 11.9 Å². The van der Waals surface area contributed by atoms with Crippen LogP contribution in [0.5, 0.6) is 0 Å². The van der Waals surface area contributed by atoms with Crippen molar-refractivity contribution in [1.82, 2.24) is 4.98 Å². The lowest BCUT2D eigenvalue weighted by Gasteiger charge is -2.32. The first-order chi connectivity index (χ1) is 14.0. The van der Waals surface area contributed by atoms with Gasteiger partial charge in [-0.1, -0.05) is 6.07 Å². The van der Waals surface area contributed by atoms with E-state index in [1.807, 2.05) is 6.07 Å². The molecule has 3 rings (SSSR count). The fourth-order valence-corrected chi connectivity index (χ4v) is 4.07. The van der Waals surface area contributed by atoms with Crippen LogP contribution in [0.2, 0.25) is 0 Å². The normalized spacial score (nSPS) is 22.4. The summed E-state index contributed by atoms with van der Waals surface area (Å²) in [5, 5.41) is 0. The molecule has 7 heteroatoms. The third kappa shape index (κ3) is 4.90. The number of hydrogen-bond donors (Lipinski definition) is 0. The third-order valence-electron chi connectivity index (χ3n) is 5.45. The molecule has 2 unspecified atom stereocenters. The molecule has 0 bridgehead atoms. The van der Waals surface area contributed by atoms with E-state index >= 15 is 0 Å². The average Bonchev–Trinajstić information content (AvgIpc) is 3.21. The van der Waals surface area contributed by atoms with Crippen molar-refractivity contribution in [1.29, 1.82) is 0 Å². The van der Waals surface area contributed by atoms with E-state index in [1.54, 1.807) is 39.4 Å². The molecule has 2 atom stereocenters. The van der Waals surface area contributed by atoms with Gasteiger partial charge < -0.3 is 14.2 Å². The van der Waals surface area contributed by atoms with Crippen LogP contribution in [0.1, 0.15) is 51.0 Å². The summed E-state index contributed by atoms with van der Waals surface area (Å²) < 4.78 is 16.1. The highest BCUT2D eigenvalue weighted by atomic mass is 16.6. The van der Waals surface area contributed by atoms with E-state index in [9.17, 15) is 9.59 Å². The minimum Gasteiger partial charge on any atom is -0.462 e. The van der Waals surface area contributed by atoms with Crippen LogP contribution in [0.25, 0.3) is 0 Å². The highest BCUT2D eigenvalue weighted by molar-refractivity contribution is 6.07. The molecule has 0 N–H and O–H groups in total. The van der Waals surface area contributed by atoms with Crippen molar-refractivity contribution < 1.29 is 23.8 Å². The monoisotopic (exact) mass is 400 g/mol. The number of hydrogen-bond acceptors (Lipinski definition) is 7. The number of nitrogens with zero attached hydrogens (tertiary/aromatic N) is 2. The number of allylic oxidation sites excluding steroid dienone is 1. The van der Waals surface area contributed by atoms with Crippen molar-refractivity contribution in [2.24, 2.45) is 10.9 Å². The van der Waals surface area contributed by atoms with Crippen LogP contribution in [-0.2, 0) is 23.8 Å². The second kappa shape index (κ2) is 9.78. The van der Waals surface area contributed by atoms with Gasteiger partial charge in [0.25, 0.3) is 0 Å². The molecule has 0 amide bonds.